The van der Waals surface area contributed by atoms with Crippen LogP contribution in [-0.4, -0.2) is 60.8 Å². The molecule has 2 saturated heterocycles. The van der Waals surface area contributed by atoms with Crippen LogP contribution in [0.3, 0.4) is 0 Å². The Morgan fingerprint density at radius 3 is 2.71 bits per heavy atom. The first-order valence-electron chi connectivity index (χ1n) is 10.2. The van der Waals surface area contributed by atoms with Crippen LogP contribution in [0.4, 0.5) is 5.82 Å². The minimum absolute atomic E-state index is 0.599. The average molecular weight is 395 g/mol. The number of ether oxygens (including phenoxy) is 1. The number of likely N-dealkylation sites (tertiary alicyclic amines) is 1. The summed E-state index contributed by atoms with van der Waals surface area (Å²) in [5, 5.41) is 3.39. The van der Waals surface area contributed by atoms with Crippen molar-refractivity contribution in [3.8, 4) is 11.1 Å². The summed E-state index contributed by atoms with van der Waals surface area (Å²) >= 11 is 1.70. The zero-order chi connectivity index (χ0) is 18.8. The Labute approximate surface area is 170 Å². The Kier molecular flexibility index (Phi) is 5.25. The highest BCUT2D eigenvalue weighted by Gasteiger charge is 2.30. The number of rotatable bonds is 7. The number of hydrogen-bond acceptors (Lipinski definition) is 6. The summed E-state index contributed by atoms with van der Waals surface area (Å²) in [6.45, 7) is 7.31. The Morgan fingerprint density at radius 1 is 1.07 bits per heavy atom. The largest absolute Gasteiger partial charge is 0.380 e. The van der Waals surface area contributed by atoms with Gasteiger partial charge in [-0.05, 0) is 31.5 Å². The molecule has 2 aliphatic heterocycles. The Hall–Kier alpha value is -2.02. The van der Waals surface area contributed by atoms with Crippen molar-refractivity contribution < 1.29 is 4.74 Å². The van der Waals surface area contributed by atoms with Crippen molar-refractivity contribution in [1.82, 2.24) is 14.9 Å². The van der Waals surface area contributed by atoms with Gasteiger partial charge in [0.15, 0.2) is 0 Å². The molecule has 0 atom stereocenters. The summed E-state index contributed by atoms with van der Waals surface area (Å²) in [5.41, 5.74) is 2.47. The van der Waals surface area contributed by atoms with Crippen LogP contribution in [0.5, 0.6) is 0 Å². The maximum atomic E-state index is 5.95. The second-order valence-corrected chi connectivity index (χ2v) is 8.65. The number of benzene rings is 1. The molecule has 1 aromatic carbocycles. The molecular weight excluding hydrogens is 368 g/mol. The lowest BCUT2D eigenvalue weighted by atomic mass is 9.99. The molecule has 3 aromatic rings. The quantitative estimate of drug-likeness (QED) is 0.569. The molecule has 0 amide bonds. The smallest absolute Gasteiger partial charge is 0.141 e. The topological polar surface area (TPSA) is 41.5 Å². The summed E-state index contributed by atoms with van der Waals surface area (Å²) in [6, 6.07) is 10.5. The zero-order valence-electron chi connectivity index (χ0n) is 16.1. The number of hydrogen-bond donors (Lipinski definition) is 0. The van der Waals surface area contributed by atoms with E-state index in [9.17, 15) is 0 Å². The zero-order valence-corrected chi connectivity index (χ0v) is 16.9. The molecule has 0 bridgehead atoms. The first kappa shape index (κ1) is 18.0. The van der Waals surface area contributed by atoms with Crippen LogP contribution in [0.1, 0.15) is 12.8 Å². The van der Waals surface area contributed by atoms with E-state index in [-0.39, 0.29) is 0 Å². The van der Waals surface area contributed by atoms with Crippen LogP contribution in [0, 0.1) is 5.92 Å². The van der Waals surface area contributed by atoms with Gasteiger partial charge in [-0.3, -0.25) is 0 Å². The Morgan fingerprint density at radius 2 is 1.89 bits per heavy atom. The molecule has 2 aromatic heterocycles. The van der Waals surface area contributed by atoms with E-state index in [1.54, 1.807) is 17.7 Å². The number of thiophene rings is 1. The first-order valence-corrected chi connectivity index (χ1v) is 11.1. The minimum atomic E-state index is 0.599. The number of fused-ring (bicyclic) bond motifs is 1. The van der Waals surface area contributed by atoms with Gasteiger partial charge in [-0.1, -0.05) is 30.3 Å². The highest BCUT2D eigenvalue weighted by molar-refractivity contribution is 7.17. The normalized spacial score (nSPS) is 18.1. The summed E-state index contributed by atoms with van der Waals surface area (Å²) in [4.78, 5) is 15.1. The van der Waals surface area contributed by atoms with Crippen molar-refractivity contribution in [2.45, 2.75) is 12.8 Å². The fourth-order valence-corrected chi connectivity index (χ4v) is 5.14. The molecule has 0 N–H and O–H groups in total. The van der Waals surface area contributed by atoms with Gasteiger partial charge in [0.1, 0.15) is 17.0 Å². The predicted molar refractivity (Wildman–Crippen MR) is 115 cm³/mol. The number of anilines is 1. The van der Waals surface area contributed by atoms with E-state index in [0.29, 0.717) is 5.92 Å². The van der Waals surface area contributed by atoms with Crippen LogP contribution in [0.15, 0.2) is 42.0 Å². The molecule has 5 rings (SSSR count). The van der Waals surface area contributed by atoms with E-state index in [0.717, 1.165) is 43.5 Å². The molecule has 5 nitrogen and oxygen atoms in total. The van der Waals surface area contributed by atoms with E-state index >= 15 is 0 Å². The minimum Gasteiger partial charge on any atom is -0.380 e. The van der Waals surface area contributed by atoms with Gasteiger partial charge in [-0.2, -0.15) is 0 Å². The summed E-state index contributed by atoms with van der Waals surface area (Å²) < 4.78 is 5.95. The fraction of sp³-hybridized carbons (Fsp3) is 0.455. The molecule has 0 spiro atoms. The molecule has 0 radical (unpaired) electrons. The molecule has 2 aliphatic rings. The van der Waals surface area contributed by atoms with Gasteiger partial charge in [-0.15, -0.1) is 11.3 Å². The molecule has 0 unspecified atom stereocenters. The molecule has 6 heteroatoms. The highest BCUT2D eigenvalue weighted by atomic mass is 32.1. The SMILES string of the molecule is c1ccc(-c2csc3ncnc(N4CC(COCCN5CCCC5)C4)c23)cc1. The van der Waals surface area contributed by atoms with Gasteiger partial charge < -0.3 is 14.5 Å². The van der Waals surface area contributed by atoms with E-state index in [1.165, 1.54) is 42.4 Å². The molecule has 4 heterocycles. The van der Waals surface area contributed by atoms with Crippen LogP contribution < -0.4 is 4.90 Å². The van der Waals surface area contributed by atoms with E-state index in [1.807, 2.05) is 0 Å². The van der Waals surface area contributed by atoms with Gasteiger partial charge in [-0.25, -0.2) is 9.97 Å². The summed E-state index contributed by atoms with van der Waals surface area (Å²) in [6.07, 6.45) is 4.39. The molecular formula is C22H26N4OS. The van der Waals surface area contributed by atoms with Crippen molar-refractivity contribution in [2.75, 3.05) is 50.8 Å². The molecule has 0 saturated carbocycles. The van der Waals surface area contributed by atoms with Crippen molar-refractivity contribution in [1.29, 1.82) is 0 Å². The Bertz CT molecular complexity index is 917. The standard InChI is InChI=1S/C22H26N4OS/c1-2-6-18(7-3-1)19-15-28-22-20(19)21(23-16-24-22)26-12-17(13-26)14-27-11-10-25-8-4-5-9-25/h1-3,6-7,15-17H,4-5,8-14H2. The summed E-state index contributed by atoms with van der Waals surface area (Å²) in [7, 11) is 0. The van der Waals surface area contributed by atoms with Gasteiger partial charge in [0.25, 0.3) is 0 Å². The van der Waals surface area contributed by atoms with Gasteiger partial charge >= 0.3 is 0 Å². The van der Waals surface area contributed by atoms with Crippen LogP contribution in [0.25, 0.3) is 21.3 Å². The Balaban J connectivity index is 1.22. The third-order valence-corrected chi connectivity index (χ3v) is 6.68. The van der Waals surface area contributed by atoms with Crippen LogP contribution in [0.2, 0.25) is 0 Å². The van der Waals surface area contributed by atoms with E-state index in [4.69, 9.17) is 4.74 Å². The molecule has 2 fully saturated rings. The second-order valence-electron chi connectivity index (χ2n) is 7.79. The predicted octanol–water partition coefficient (Wildman–Crippen LogP) is 3.91. The third-order valence-electron chi connectivity index (χ3n) is 5.80. The lowest BCUT2D eigenvalue weighted by molar-refractivity contribution is 0.0740. The average Bonchev–Trinajstić information content (AvgIpc) is 3.37. The van der Waals surface area contributed by atoms with Gasteiger partial charge in [0.2, 0.25) is 0 Å². The molecule has 28 heavy (non-hydrogen) atoms. The summed E-state index contributed by atoms with van der Waals surface area (Å²) in [5.74, 6) is 1.67. The van der Waals surface area contributed by atoms with Crippen molar-refractivity contribution in [3.05, 3.63) is 42.0 Å². The van der Waals surface area contributed by atoms with E-state index < -0.39 is 0 Å². The lowest BCUT2D eigenvalue weighted by Crippen LogP contribution is -2.49. The number of nitrogens with zero attached hydrogens (tertiary/aromatic N) is 4. The first-order chi connectivity index (χ1) is 13.9. The third kappa shape index (κ3) is 3.64. The van der Waals surface area contributed by atoms with Gasteiger partial charge in [0.05, 0.1) is 18.6 Å². The van der Waals surface area contributed by atoms with Crippen LogP contribution >= 0.6 is 11.3 Å². The maximum Gasteiger partial charge on any atom is 0.141 e. The van der Waals surface area contributed by atoms with Crippen molar-refractivity contribution in [3.63, 3.8) is 0 Å². The van der Waals surface area contributed by atoms with Crippen LogP contribution in [-0.2, 0) is 4.74 Å². The van der Waals surface area contributed by atoms with Crippen molar-refractivity contribution in [2.24, 2.45) is 5.92 Å². The highest BCUT2D eigenvalue weighted by Crippen LogP contribution is 2.39. The fourth-order valence-electron chi connectivity index (χ4n) is 4.23. The molecule has 146 valence electrons. The second kappa shape index (κ2) is 8.15. The monoisotopic (exact) mass is 394 g/mol. The maximum absolute atomic E-state index is 5.95. The number of aromatic nitrogens is 2. The lowest BCUT2D eigenvalue weighted by Gasteiger charge is -2.40. The van der Waals surface area contributed by atoms with E-state index in [2.05, 4.69) is 55.5 Å². The molecule has 0 aliphatic carbocycles. The van der Waals surface area contributed by atoms with Gasteiger partial charge in [0, 0.05) is 36.5 Å². The van der Waals surface area contributed by atoms with Crippen molar-refractivity contribution >= 4 is 27.4 Å².